The zero-order chi connectivity index (χ0) is 14.0. The van der Waals surface area contributed by atoms with Crippen molar-refractivity contribution in [2.75, 3.05) is 20.2 Å². The third-order valence-electron chi connectivity index (χ3n) is 4.00. The number of hydrogen-bond donors (Lipinski definition) is 1. The average molecular weight is 265 g/mol. The molecule has 1 saturated carbocycles. The lowest BCUT2D eigenvalue weighted by molar-refractivity contribution is -0.144. The Balaban J connectivity index is 1.92. The number of rotatable bonds is 2. The van der Waals surface area contributed by atoms with Gasteiger partial charge in [-0.25, -0.2) is 4.79 Å². The van der Waals surface area contributed by atoms with E-state index in [0.717, 1.165) is 0 Å². The summed E-state index contributed by atoms with van der Waals surface area (Å²) in [5.74, 6) is 0.359. The van der Waals surface area contributed by atoms with Crippen molar-refractivity contribution in [3.8, 4) is 6.07 Å². The van der Waals surface area contributed by atoms with E-state index in [1.807, 2.05) is 0 Å². The molecule has 0 radical (unpaired) electrons. The van der Waals surface area contributed by atoms with E-state index in [2.05, 4.69) is 23.0 Å². The Morgan fingerprint density at radius 2 is 2.16 bits per heavy atom. The summed E-state index contributed by atoms with van der Waals surface area (Å²) in [5, 5.41) is 11.9. The molecule has 104 valence electrons. The normalized spacial score (nSPS) is 33.2. The van der Waals surface area contributed by atoms with E-state index in [1.165, 1.54) is 7.11 Å². The summed E-state index contributed by atoms with van der Waals surface area (Å²) < 4.78 is 4.54. The minimum atomic E-state index is -0.820. The number of carbonyl (C=O) groups is 2. The van der Waals surface area contributed by atoms with Gasteiger partial charge in [-0.2, -0.15) is 5.26 Å². The van der Waals surface area contributed by atoms with Gasteiger partial charge in [-0.15, -0.1) is 0 Å². The minimum Gasteiger partial charge on any atom is -0.453 e. The number of alkyl carbamates (subject to hydrolysis) is 1. The van der Waals surface area contributed by atoms with Crippen LogP contribution in [0, 0.1) is 22.7 Å². The third-order valence-corrected chi connectivity index (χ3v) is 4.00. The van der Waals surface area contributed by atoms with Crippen LogP contribution in [0.3, 0.4) is 0 Å². The fraction of sp³-hybridized carbons (Fsp3) is 0.769. The SMILES string of the molecule is COC(=O)NC1CCN(C(=O)C2(C#N)CC(C)C2)C1. The predicted octanol–water partition coefficient (Wildman–Crippen LogP) is 0.883. The van der Waals surface area contributed by atoms with E-state index in [-0.39, 0.29) is 11.9 Å². The summed E-state index contributed by atoms with van der Waals surface area (Å²) in [5.41, 5.74) is -0.820. The molecule has 6 nitrogen and oxygen atoms in total. The first-order valence-electron chi connectivity index (χ1n) is 6.56. The highest BCUT2D eigenvalue weighted by Gasteiger charge is 2.51. The van der Waals surface area contributed by atoms with Crippen molar-refractivity contribution >= 4 is 12.0 Å². The van der Waals surface area contributed by atoms with Crippen molar-refractivity contribution in [1.82, 2.24) is 10.2 Å². The van der Waals surface area contributed by atoms with Crippen LogP contribution in [0.1, 0.15) is 26.2 Å². The number of ether oxygens (including phenoxy) is 1. The number of likely N-dealkylation sites (tertiary alicyclic amines) is 1. The summed E-state index contributed by atoms with van der Waals surface area (Å²) in [4.78, 5) is 25.2. The molecule has 1 atom stereocenters. The minimum absolute atomic E-state index is 0.0790. The molecule has 2 amide bonds. The highest BCUT2D eigenvalue weighted by molar-refractivity contribution is 5.87. The second-order valence-corrected chi connectivity index (χ2v) is 5.58. The first-order valence-corrected chi connectivity index (χ1v) is 6.56. The van der Waals surface area contributed by atoms with Crippen LogP contribution in [0.15, 0.2) is 0 Å². The number of carbonyl (C=O) groups excluding carboxylic acids is 2. The molecular weight excluding hydrogens is 246 g/mol. The van der Waals surface area contributed by atoms with Crippen molar-refractivity contribution in [2.24, 2.45) is 11.3 Å². The maximum atomic E-state index is 12.4. The molecule has 1 N–H and O–H groups in total. The van der Waals surface area contributed by atoms with Gasteiger partial charge in [-0.3, -0.25) is 4.79 Å². The van der Waals surface area contributed by atoms with E-state index in [1.54, 1.807) is 4.90 Å². The molecule has 1 heterocycles. The summed E-state index contributed by atoms with van der Waals surface area (Å²) in [6.45, 7) is 3.10. The lowest BCUT2D eigenvalue weighted by Gasteiger charge is -2.41. The van der Waals surface area contributed by atoms with Crippen LogP contribution in [0.2, 0.25) is 0 Å². The van der Waals surface area contributed by atoms with Crippen LogP contribution in [0.25, 0.3) is 0 Å². The summed E-state index contributed by atoms with van der Waals surface area (Å²) in [6.07, 6.45) is 1.52. The first kappa shape index (κ1) is 13.7. The van der Waals surface area contributed by atoms with Gasteiger partial charge in [0.15, 0.2) is 0 Å². The number of methoxy groups -OCH3 is 1. The maximum absolute atomic E-state index is 12.4. The molecule has 0 bridgehead atoms. The van der Waals surface area contributed by atoms with Gasteiger partial charge in [0, 0.05) is 13.1 Å². The quantitative estimate of drug-likeness (QED) is 0.803. The van der Waals surface area contributed by atoms with Crippen LogP contribution < -0.4 is 5.32 Å². The van der Waals surface area contributed by atoms with Crippen molar-refractivity contribution in [3.63, 3.8) is 0 Å². The highest BCUT2D eigenvalue weighted by Crippen LogP contribution is 2.46. The van der Waals surface area contributed by atoms with Crippen LogP contribution in [0.5, 0.6) is 0 Å². The average Bonchev–Trinajstić information content (AvgIpc) is 2.82. The van der Waals surface area contributed by atoms with Gasteiger partial charge in [0.1, 0.15) is 5.41 Å². The molecule has 0 spiro atoms. The van der Waals surface area contributed by atoms with E-state index >= 15 is 0 Å². The van der Waals surface area contributed by atoms with Crippen LogP contribution in [-0.2, 0) is 9.53 Å². The van der Waals surface area contributed by atoms with E-state index in [4.69, 9.17) is 0 Å². The number of amides is 2. The molecule has 2 fully saturated rings. The van der Waals surface area contributed by atoms with Crippen molar-refractivity contribution in [3.05, 3.63) is 0 Å². The Kier molecular flexibility index (Phi) is 3.65. The second-order valence-electron chi connectivity index (χ2n) is 5.58. The lowest BCUT2D eigenvalue weighted by Crippen LogP contribution is -2.50. The fourth-order valence-corrected chi connectivity index (χ4v) is 3.03. The largest absolute Gasteiger partial charge is 0.453 e. The zero-order valence-corrected chi connectivity index (χ0v) is 11.3. The van der Waals surface area contributed by atoms with Gasteiger partial charge in [0.05, 0.1) is 19.2 Å². The van der Waals surface area contributed by atoms with Gasteiger partial charge in [-0.05, 0) is 25.2 Å². The highest BCUT2D eigenvalue weighted by atomic mass is 16.5. The smallest absolute Gasteiger partial charge is 0.407 e. The third kappa shape index (κ3) is 2.50. The standard InChI is InChI=1S/C13H19N3O3/c1-9-5-13(6-9,8-14)11(17)16-4-3-10(7-16)15-12(18)19-2/h9-10H,3-7H2,1-2H3,(H,15,18). The fourth-order valence-electron chi connectivity index (χ4n) is 3.03. The summed E-state index contributed by atoms with van der Waals surface area (Å²) in [6, 6.07) is 2.11. The Morgan fingerprint density at radius 3 is 2.68 bits per heavy atom. The number of hydrogen-bond acceptors (Lipinski definition) is 4. The van der Waals surface area contributed by atoms with E-state index in [0.29, 0.717) is 38.3 Å². The Bertz CT molecular complexity index is 423. The topological polar surface area (TPSA) is 82.4 Å². The summed E-state index contributed by atoms with van der Waals surface area (Å²) >= 11 is 0. The van der Waals surface area contributed by atoms with Gasteiger partial charge in [0.2, 0.25) is 5.91 Å². The molecule has 0 aromatic heterocycles. The first-order chi connectivity index (χ1) is 9.00. The zero-order valence-electron chi connectivity index (χ0n) is 11.3. The van der Waals surface area contributed by atoms with Gasteiger partial charge < -0.3 is 15.0 Å². The van der Waals surface area contributed by atoms with Crippen LogP contribution >= 0.6 is 0 Å². The van der Waals surface area contributed by atoms with E-state index < -0.39 is 11.5 Å². The summed E-state index contributed by atoms with van der Waals surface area (Å²) in [7, 11) is 1.31. The maximum Gasteiger partial charge on any atom is 0.407 e. The molecule has 1 saturated heterocycles. The van der Waals surface area contributed by atoms with Crippen LogP contribution in [-0.4, -0.2) is 43.1 Å². The Hall–Kier alpha value is -1.77. The molecule has 1 aliphatic carbocycles. The number of nitriles is 1. The number of nitrogens with one attached hydrogen (secondary N) is 1. The van der Waals surface area contributed by atoms with Gasteiger partial charge >= 0.3 is 6.09 Å². The molecular formula is C13H19N3O3. The molecule has 6 heteroatoms. The van der Waals surface area contributed by atoms with Gasteiger partial charge in [-0.1, -0.05) is 6.92 Å². The van der Waals surface area contributed by atoms with Crippen molar-refractivity contribution < 1.29 is 14.3 Å². The van der Waals surface area contributed by atoms with Crippen molar-refractivity contribution in [1.29, 1.82) is 5.26 Å². The molecule has 1 aliphatic heterocycles. The molecule has 19 heavy (non-hydrogen) atoms. The molecule has 2 rings (SSSR count). The van der Waals surface area contributed by atoms with Gasteiger partial charge in [0.25, 0.3) is 0 Å². The molecule has 1 unspecified atom stereocenters. The number of nitrogens with zero attached hydrogens (tertiary/aromatic N) is 2. The second kappa shape index (κ2) is 5.08. The molecule has 0 aromatic rings. The predicted molar refractivity (Wildman–Crippen MR) is 67.0 cm³/mol. The Labute approximate surface area is 112 Å². The Morgan fingerprint density at radius 1 is 1.47 bits per heavy atom. The lowest BCUT2D eigenvalue weighted by atomic mass is 9.63. The molecule has 2 aliphatic rings. The monoisotopic (exact) mass is 265 g/mol. The van der Waals surface area contributed by atoms with Crippen LogP contribution in [0.4, 0.5) is 4.79 Å². The van der Waals surface area contributed by atoms with E-state index in [9.17, 15) is 14.9 Å². The van der Waals surface area contributed by atoms with Crippen molar-refractivity contribution in [2.45, 2.75) is 32.2 Å². The molecule has 0 aromatic carbocycles.